The number of carbonyl (C=O) groups is 2. The summed E-state index contributed by atoms with van der Waals surface area (Å²) in [6.45, 7) is 2.14. The van der Waals surface area contributed by atoms with Crippen molar-refractivity contribution in [2.24, 2.45) is 17.6 Å². The second kappa shape index (κ2) is 7.62. The van der Waals surface area contributed by atoms with Gasteiger partial charge in [0.2, 0.25) is 5.91 Å². The van der Waals surface area contributed by atoms with E-state index in [0.29, 0.717) is 18.4 Å². The van der Waals surface area contributed by atoms with Crippen LogP contribution in [0.5, 0.6) is 0 Å². The minimum atomic E-state index is -0.338. The minimum absolute atomic E-state index is 0.203. The lowest BCUT2D eigenvalue weighted by Gasteiger charge is -2.29. The Morgan fingerprint density at radius 3 is 2.52 bits per heavy atom. The molecule has 2 saturated carbocycles. The van der Waals surface area contributed by atoms with Crippen molar-refractivity contribution >= 4 is 11.9 Å². The Kier molecular flexibility index (Phi) is 5.54. The quantitative estimate of drug-likeness (QED) is 0.729. The number of hydrogen-bond donors (Lipinski definition) is 3. The van der Waals surface area contributed by atoms with Crippen LogP contribution < -0.4 is 16.4 Å². The standard InChI is InChI=1S/C17H30N4O2/c18-15-8-4-5-12-9-21(10-14(12)15)11-16(22)20-17(23)19-13-6-2-1-3-7-13/h12-15H,1-11,18H2,(H2,19,20,22,23). The van der Waals surface area contributed by atoms with Gasteiger partial charge in [-0.15, -0.1) is 0 Å². The van der Waals surface area contributed by atoms with Crippen LogP contribution in [0.4, 0.5) is 4.79 Å². The Balaban J connectivity index is 1.40. The van der Waals surface area contributed by atoms with Crippen molar-refractivity contribution < 1.29 is 9.59 Å². The molecule has 1 heterocycles. The molecular weight excluding hydrogens is 292 g/mol. The second-order valence-electron chi connectivity index (χ2n) is 7.57. The monoisotopic (exact) mass is 322 g/mol. The number of fused-ring (bicyclic) bond motifs is 1. The summed E-state index contributed by atoms with van der Waals surface area (Å²) in [6, 6.07) is 0.163. The van der Waals surface area contributed by atoms with Gasteiger partial charge in [-0.25, -0.2) is 4.79 Å². The largest absolute Gasteiger partial charge is 0.335 e. The van der Waals surface area contributed by atoms with Crippen molar-refractivity contribution in [3.05, 3.63) is 0 Å². The van der Waals surface area contributed by atoms with Gasteiger partial charge in [-0.3, -0.25) is 15.0 Å². The third-order valence-corrected chi connectivity index (χ3v) is 5.79. The number of hydrogen-bond acceptors (Lipinski definition) is 4. The Hall–Kier alpha value is -1.14. The fourth-order valence-corrected chi connectivity index (χ4v) is 4.58. The molecule has 3 fully saturated rings. The molecule has 0 spiro atoms. The smallest absolute Gasteiger partial charge is 0.321 e. The van der Waals surface area contributed by atoms with Crippen molar-refractivity contribution in [3.63, 3.8) is 0 Å². The number of carbonyl (C=O) groups excluding carboxylic acids is 2. The summed E-state index contributed by atoms with van der Waals surface area (Å²) in [7, 11) is 0. The summed E-state index contributed by atoms with van der Waals surface area (Å²) < 4.78 is 0. The fraction of sp³-hybridized carbons (Fsp3) is 0.882. The van der Waals surface area contributed by atoms with E-state index in [0.717, 1.165) is 45.2 Å². The molecule has 23 heavy (non-hydrogen) atoms. The number of likely N-dealkylation sites (tertiary alicyclic amines) is 1. The van der Waals surface area contributed by atoms with E-state index in [1.54, 1.807) is 0 Å². The summed E-state index contributed by atoms with van der Waals surface area (Å²) in [5.41, 5.74) is 6.21. The van der Waals surface area contributed by atoms with Gasteiger partial charge in [-0.2, -0.15) is 0 Å². The van der Waals surface area contributed by atoms with E-state index in [-0.39, 0.29) is 24.0 Å². The lowest BCUT2D eigenvalue weighted by molar-refractivity contribution is -0.121. The number of amides is 3. The van der Waals surface area contributed by atoms with E-state index in [4.69, 9.17) is 5.73 Å². The van der Waals surface area contributed by atoms with Crippen LogP contribution in [0.25, 0.3) is 0 Å². The molecule has 0 aromatic carbocycles. The summed E-state index contributed by atoms with van der Waals surface area (Å²) in [5, 5.41) is 5.41. The molecule has 3 unspecified atom stereocenters. The van der Waals surface area contributed by atoms with Crippen molar-refractivity contribution in [2.75, 3.05) is 19.6 Å². The molecule has 3 aliphatic rings. The van der Waals surface area contributed by atoms with Gasteiger partial charge >= 0.3 is 6.03 Å². The predicted molar refractivity (Wildman–Crippen MR) is 88.8 cm³/mol. The first-order valence-electron chi connectivity index (χ1n) is 9.20. The lowest BCUT2D eigenvalue weighted by Crippen LogP contribution is -2.48. The van der Waals surface area contributed by atoms with E-state index in [9.17, 15) is 9.59 Å². The van der Waals surface area contributed by atoms with Crippen molar-refractivity contribution in [3.8, 4) is 0 Å². The molecule has 3 atom stereocenters. The van der Waals surface area contributed by atoms with Crippen LogP contribution in [-0.2, 0) is 4.79 Å². The van der Waals surface area contributed by atoms with Gasteiger partial charge in [0.1, 0.15) is 0 Å². The topological polar surface area (TPSA) is 87.5 Å². The zero-order valence-electron chi connectivity index (χ0n) is 13.9. The number of nitrogens with one attached hydrogen (secondary N) is 2. The van der Waals surface area contributed by atoms with Crippen LogP contribution in [0.15, 0.2) is 0 Å². The van der Waals surface area contributed by atoms with Gasteiger partial charge in [0, 0.05) is 25.2 Å². The van der Waals surface area contributed by atoms with Gasteiger partial charge < -0.3 is 11.1 Å². The highest BCUT2D eigenvalue weighted by atomic mass is 16.2. The molecule has 0 aromatic rings. The average Bonchev–Trinajstić information content (AvgIpc) is 2.91. The third kappa shape index (κ3) is 4.44. The molecule has 1 saturated heterocycles. The van der Waals surface area contributed by atoms with Crippen LogP contribution in [-0.4, -0.2) is 48.6 Å². The molecule has 0 bridgehead atoms. The van der Waals surface area contributed by atoms with Crippen LogP contribution in [0, 0.1) is 11.8 Å². The van der Waals surface area contributed by atoms with Gasteiger partial charge in [-0.05, 0) is 37.5 Å². The Labute approximate surface area is 138 Å². The molecule has 6 nitrogen and oxygen atoms in total. The number of nitrogens with zero attached hydrogens (tertiary/aromatic N) is 1. The molecule has 3 rings (SSSR count). The van der Waals surface area contributed by atoms with E-state index >= 15 is 0 Å². The number of urea groups is 1. The molecule has 0 aromatic heterocycles. The zero-order valence-corrected chi connectivity index (χ0v) is 13.9. The van der Waals surface area contributed by atoms with Gasteiger partial charge in [0.25, 0.3) is 0 Å². The van der Waals surface area contributed by atoms with Crippen LogP contribution in [0.1, 0.15) is 51.4 Å². The fourth-order valence-electron chi connectivity index (χ4n) is 4.58. The van der Waals surface area contributed by atoms with Crippen molar-refractivity contribution in [2.45, 2.75) is 63.5 Å². The van der Waals surface area contributed by atoms with Gasteiger partial charge in [0.05, 0.1) is 6.54 Å². The van der Waals surface area contributed by atoms with Crippen molar-refractivity contribution in [1.82, 2.24) is 15.5 Å². The van der Waals surface area contributed by atoms with E-state index in [1.807, 2.05) is 0 Å². The number of imide groups is 1. The maximum absolute atomic E-state index is 12.1. The van der Waals surface area contributed by atoms with E-state index < -0.39 is 0 Å². The zero-order chi connectivity index (χ0) is 16.2. The van der Waals surface area contributed by atoms with Crippen LogP contribution >= 0.6 is 0 Å². The normalized spacial score (nSPS) is 32.3. The molecule has 6 heteroatoms. The first-order chi connectivity index (χ1) is 11.1. The highest BCUT2D eigenvalue weighted by Crippen LogP contribution is 2.35. The van der Waals surface area contributed by atoms with Crippen molar-refractivity contribution in [1.29, 1.82) is 0 Å². The SMILES string of the molecule is NC1CCCC2CN(CC(=O)NC(=O)NC3CCCCC3)CC12. The summed E-state index contributed by atoms with van der Waals surface area (Å²) in [5.74, 6) is 0.945. The molecule has 130 valence electrons. The van der Waals surface area contributed by atoms with Gasteiger partial charge in [-0.1, -0.05) is 25.7 Å². The molecular formula is C17H30N4O2. The molecule has 4 N–H and O–H groups in total. The molecule has 0 radical (unpaired) electrons. The third-order valence-electron chi connectivity index (χ3n) is 5.79. The predicted octanol–water partition coefficient (Wildman–Crippen LogP) is 1.20. The Morgan fingerprint density at radius 2 is 1.78 bits per heavy atom. The first kappa shape index (κ1) is 16.7. The summed E-state index contributed by atoms with van der Waals surface area (Å²) in [4.78, 5) is 26.2. The Morgan fingerprint density at radius 1 is 1.00 bits per heavy atom. The maximum atomic E-state index is 12.1. The highest BCUT2D eigenvalue weighted by Gasteiger charge is 2.39. The molecule has 2 aliphatic carbocycles. The molecule has 3 amide bonds. The van der Waals surface area contributed by atoms with Crippen LogP contribution in [0.3, 0.4) is 0 Å². The number of rotatable bonds is 3. The second-order valence-corrected chi connectivity index (χ2v) is 7.57. The maximum Gasteiger partial charge on any atom is 0.321 e. The highest BCUT2D eigenvalue weighted by molar-refractivity contribution is 5.95. The summed E-state index contributed by atoms with van der Waals surface area (Å²) in [6.07, 6.45) is 9.14. The average molecular weight is 322 g/mol. The summed E-state index contributed by atoms with van der Waals surface area (Å²) >= 11 is 0. The minimum Gasteiger partial charge on any atom is -0.335 e. The van der Waals surface area contributed by atoms with Gasteiger partial charge in [0.15, 0.2) is 0 Å². The first-order valence-corrected chi connectivity index (χ1v) is 9.20. The van der Waals surface area contributed by atoms with E-state index in [1.165, 1.54) is 19.3 Å². The van der Waals surface area contributed by atoms with Crippen LogP contribution in [0.2, 0.25) is 0 Å². The Bertz CT molecular complexity index is 436. The number of nitrogens with two attached hydrogens (primary N) is 1. The molecule has 1 aliphatic heterocycles. The lowest BCUT2D eigenvalue weighted by atomic mass is 9.78. The van der Waals surface area contributed by atoms with E-state index in [2.05, 4.69) is 15.5 Å².